The second-order valence-electron chi connectivity index (χ2n) is 7.09. The second kappa shape index (κ2) is 8.08. The highest BCUT2D eigenvalue weighted by Gasteiger charge is 2.26. The first kappa shape index (κ1) is 19.1. The molecule has 7 heteroatoms. The van der Waals surface area contributed by atoms with Crippen LogP contribution in [0.1, 0.15) is 27.5 Å². The molecule has 1 aromatic heterocycles. The van der Waals surface area contributed by atoms with Crippen LogP contribution in [-0.2, 0) is 0 Å². The van der Waals surface area contributed by atoms with E-state index in [0.717, 1.165) is 16.8 Å². The molecule has 0 saturated heterocycles. The molecule has 1 aliphatic heterocycles. The van der Waals surface area contributed by atoms with E-state index in [0.29, 0.717) is 16.5 Å². The molecule has 5 rings (SSSR count). The molecule has 0 fully saturated rings. The molecule has 1 aliphatic rings. The summed E-state index contributed by atoms with van der Waals surface area (Å²) in [7, 11) is 0. The van der Waals surface area contributed by atoms with Gasteiger partial charge in [0.15, 0.2) is 0 Å². The molecule has 0 bridgehead atoms. The smallest absolute Gasteiger partial charge is 0.258 e. The van der Waals surface area contributed by atoms with E-state index in [9.17, 15) is 4.79 Å². The highest BCUT2D eigenvalue weighted by molar-refractivity contribution is 6.30. The zero-order valence-corrected chi connectivity index (χ0v) is 17.1. The average Bonchev–Trinajstić information content (AvgIpc) is 3.22. The summed E-state index contributed by atoms with van der Waals surface area (Å²) >= 11 is 6.08. The molecular formula is C24H18ClN5O. The number of rotatable bonds is 4. The van der Waals surface area contributed by atoms with Crippen LogP contribution >= 0.6 is 11.6 Å². The van der Waals surface area contributed by atoms with Crippen molar-refractivity contribution in [1.82, 2.24) is 14.8 Å². The summed E-state index contributed by atoms with van der Waals surface area (Å²) < 4.78 is 1.76. The van der Waals surface area contributed by atoms with Gasteiger partial charge in [-0.25, -0.2) is 4.68 Å². The number of nitrogens with one attached hydrogen (secondary N) is 2. The molecule has 0 unspecified atom stereocenters. The zero-order valence-electron chi connectivity index (χ0n) is 16.4. The van der Waals surface area contributed by atoms with Crippen LogP contribution in [-0.4, -0.2) is 20.7 Å². The fourth-order valence-corrected chi connectivity index (χ4v) is 3.62. The van der Waals surface area contributed by atoms with Crippen molar-refractivity contribution < 1.29 is 4.79 Å². The number of anilines is 2. The quantitative estimate of drug-likeness (QED) is 0.467. The first-order valence-corrected chi connectivity index (χ1v) is 10.2. The number of hydrogen-bond acceptors (Lipinski definition) is 4. The summed E-state index contributed by atoms with van der Waals surface area (Å²) in [4.78, 5) is 17.1. The number of hydrogen-bond donors (Lipinski definition) is 2. The lowest BCUT2D eigenvalue weighted by atomic mass is 10.0. The highest BCUT2D eigenvalue weighted by Crippen LogP contribution is 2.33. The standard InChI is InChI=1S/C24H18ClN5O/c25-19-13-11-17(12-14-19)21-15-20(16-7-3-1-4-8-16)26-24-28-23(29-30(21)24)27-22(31)18-9-5-2-6-10-18/h1-15,21H,(H2,26,27,28,29,31)/t21-/m1/s1. The van der Waals surface area contributed by atoms with E-state index in [1.54, 1.807) is 16.8 Å². The van der Waals surface area contributed by atoms with E-state index in [4.69, 9.17) is 11.6 Å². The Morgan fingerprint density at radius 1 is 0.935 bits per heavy atom. The van der Waals surface area contributed by atoms with E-state index >= 15 is 0 Å². The monoisotopic (exact) mass is 427 g/mol. The Labute approximate surface area is 184 Å². The van der Waals surface area contributed by atoms with Crippen molar-refractivity contribution in [3.05, 3.63) is 113 Å². The van der Waals surface area contributed by atoms with Gasteiger partial charge in [-0.05, 0) is 41.5 Å². The van der Waals surface area contributed by atoms with Gasteiger partial charge in [-0.1, -0.05) is 72.3 Å². The summed E-state index contributed by atoms with van der Waals surface area (Å²) in [6.45, 7) is 0. The van der Waals surface area contributed by atoms with Crippen molar-refractivity contribution in [3.8, 4) is 0 Å². The fourth-order valence-electron chi connectivity index (χ4n) is 3.49. The predicted molar refractivity (Wildman–Crippen MR) is 122 cm³/mol. The van der Waals surface area contributed by atoms with Gasteiger partial charge in [-0.15, -0.1) is 5.10 Å². The van der Waals surface area contributed by atoms with E-state index in [-0.39, 0.29) is 17.9 Å². The summed E-state index contributed by atoms with van der Waals surface area (Å²) in [6, 6.07) is 26.4. The van der Waals surface area contributed by atoms with Crippen molar-refractivity contribution in [1.29, 1.82) is 0 Å². The zero-order chi connectivity index (χ0) is 21.2. The Bertz CT molecular complexity index is 1250. The second-order valence-corrected chi connectivity index (χ2v) is 7.53. The van der Waals surface area contributed by atoms with Gasteiger partial charge in [0.1, 0.15) is 6.04 Å². The predicted octanol–water partition coefficient (Wildman–Crippen LogP) is 5.24. The summed E-state index contributed by atoms with van der Waals surface area (Å²) in [5, 5.41) is 11.3. The molecule has 0 spiro atoms. The number of nitrogens with zero attached hydrogens (tertiary/aromatic N) is 3. The Morgan fingerprint density at radius 2 is 1.61 bits per heavy atom. The molecule has 2 N–H and O–H groups in total. The minimum Gasteiger partial charge on any atom is -0.324 e. The van der Waals surface area contributed by atoms with Gasteiger partial charge in [-0.3, -0.25) is 10.1 Å². The third kappa shape index (κ3) is 3.93. The molecule has 152 valence electrons. The fraction of sp³-hybridized carbons (Fsp3) is 0.0417. The lowest BCUT2D eigenvalue weighted by Crippen LogP contribution is -2.20. The maximum absolute atomic E-state index is 12.6. The number of fused-ring (bicyclic) bond motifs is 1. The van der Waals surface area contributed by atoms with Crippen LogP contribution in [0.3, 0.4) is 0 Å². The Balaban J connectivity index is 1.51. The minimum absolute atomic E-state index is 0.210. The van der Waals surface area contributed by atoms with Crippen molar-refractivity contribution >= 4 is 35.1 Å². The van der Waals surface area contributed by atoms with Crippen LogP contribution in [0.25, 0.3) is 5.70 Å². The SMILES string of the molecule is O=C(Nc1nc2n(n1)[C@@H](c1ccc(Cl)cc1)C=C(c1ccccc1)N2)c1ccccc1. The molecule has 1 atom stereocenters. The number of benzene rings is 3. The third-order valence-corrected chi connectivity index (χ3v) is 5.28. The summed E-state index contributed by atoms with van der Waals surface area (Å²) in [5.41, 5.74) is 3.50. The van der Waals surface area contributed by atoms with Crippen LogP contribution in [0.4, 0.5) is 11.9 Å². The maximum Gasteiger partial charge on any atom is 0.258 e. The van der Waals surface area contributed by atoms with Crippen molar-refractivity contribution in [3.63, 3.8) is 0 Å². The number of carbonyl (C=O) groups excluding carboxylic acids is 1. The molecule has 0 radical (unpaired) electrons. The molecule has 0 aliphatic carbocycles. The third-order valence-electron chi connectivity index (χ3n) is 5.02. The lowest BCUT2D eigenvalue weighted by molar-refractivity contribution is 0.102. The molecular weight excluding hydrogens is 410 g/mol. The van der Waals surface area contributed by atoms with Crippen molar-refractivity contribution in [2.75, 3.05) is 10.6 Å². The lowest BCUT2D eigenvalue weighted by Gasteiger charge is -2.24. The van der Waals surface area contributed by atoms with Gasteiger partial charge < -0.3 is 5.32 Å². The molecule has 6 nitrogen and oxygen atoms in total. The van der Waals surface area contributed by atoms with Gasteiger partial charge in [0.2, 0.25) is 5.95 Å². The Kier molecular flexibility index (Phi) is 4.98. The summed E-state index contributed by atoms with van der Waals surface area (Å²) in [6.07, 6.45) is 2.09. The van der Waals surface area contributed by atoms with Gasteiger partial charge in [-0.2, -0.15) is 4.98 Å². The Morgan fingerprint density at radius 3 is 2.32 bits per heavy atom. The van der Waals surface area contributed by atoms with Gasteiger partial charge in [0.25, 0.3) is 11.9 Å². The van der Waals surface area contributed by atoms with Gasteiger partial charge in [0, 0.05) is 16.3 Å². The minimum atomic E-state index is -0.261. The van der Waals surface area contributed by atoms with E-state index in [1.807, 2.05) is 72.8 Å². The summed E-state index contributed by atoms with van der Waals surface area (Å²) in [5.74, 6) is 0.519. The number of allylic oxidation sites excluding steroid dienone is 1. The van der Waals surface area contributed by atoms with Crippen molar-refractivity contribution in [2.45, 2.75) is 6.04 Å². The van der Waals surface area contributed by atoms with Crippen LogP contribution in [0, 0.1) is 0 Å². The van der Waals surface area contributed by atoms with Gasteiger partial charge >= 0.3 is 0 Å². The molecule has 2 heterocycles. The van der Waals surface area contributed by atoms with Gasteiger partial charge in [0.05, 0.1) is 0 Å². The molecule has 3 aromatic carbocycles. The largest absolute Gasteiger partial charge is 0.324 e. The first-order chi connectivity index (χ1) is 15.2. The molecule has 0 saturated carbocycles. The number of carbonyl (C=O) groups is 1. The number of halogens is 1. The molecule has 31 heavy (non-hydrogen) atoms. The maximum atomic E-state index is 12.6. The van der Waals surface area contributed by atoms with Crippen LogP contribution < -0.4 is 10.6 Å². The van der Waals surface area contributed by atoms with Crippen LogP contribution in [0.2, 0.25) is 5.02 Å². The number of aromatic nitrogens is 3. The first-order valence-electron chi connectivity index (χ1n) is 9.80. The van der Waals surface area contributed by atoms with E-state index < -0.39 is 0 Å². The van der Waals surface area contributed by atoms with Crippen molar-refractivity contribution in [2.24, 2.45) is 0 Å². The normalized spacial score (nSPS) is 14.9. The topological polar surface area (TPSA) is 71.8 Å². The highest BCUT2D eigenvalue weighted by atomic mass is 35.5. The van der Waals surface area contributed by atoms with Crippen LogP contribution in [0.15, 0.2) is 91.0 Å². The number of amides is 1. The Hall–Kier alpha value is -3.90. The van der Waals surface area contributed by atoms with Crippen LogP contribution in [0.5, 0.6) is 0 Å². The molecule has 4 aromatic rings. The van der Waals surface area contributed by atoms with E-state index in [1.165, 1.54) is 0 Å². The van der Waals surface area contributed by atoms with E-state index in [2.05, 4.69) is 26.8 Å². The molecule has 1 amide bonds. The average molecular weight is 428 g/mol.